The van der Waals surface area contributed by atoms with Crippen LogP contribution in [-0.2, 0) is 6.54 Å². The molecule has 0 saturated heterocycles. The van der Waals surface area contributed by atoms with Crippen LogP contribution in [0.4, 0.5) is 0 Å². The number of benzene rings is 2. The van der Waals surface area contributed by atoms with Gasteiger partial charge in [0.25, 0.3) is 5.91 Å². The second-order valence-corrected chi connectivity index (χ2v) is 5.67. The van der Waals surface area contributed by atoms with Crippen LogP contribution in [0.3, 0.4) is 0 Å². The van der Waals surface area contributed by atoms with Gasteiger partial charge in [0.05, 0.1) is 25.0 Å². The summed E-state index contributed by atoms with van der Waals surface area (Å²) < 4.78 is 5.65. The molecule has 0 aliphatic carbocycles. The fraction of sp³-hybridized carbons (Fsp3) is 0.105. The highest BCUT2D eigenvalue weighted by atomic mass is 16.3. The second-order valence-electron chi connectivity index (χ2n) is 5.67. The third-order valence-electron chi connectivity index (χ3n) is 3.97. The van der Waals surface area contributed by atoms with Gasteiger partial charge in [0.1, 0.15) is 5.58 Å². The molecule has 0 bridgehead atoms. The number of amides is 1. The number of carbonyl (C=O) groups is 1. The molecule has 6 nitrogen and oxygen atoms in total. The van der Waals surface area contributed by atoms with Crippen molar-refractivity contribution in [3.05, 3.63) is 84.4 Å². The van der Waals surface area contributed by atoms with Gasteiger partial charge in [-0.15, -0.1) is 0 Å². The van der Waals surface area contributed by atoms with Crippen molar-refractivity contribution >= 4 is 16.9 Å². The van der Waals surface area contributed by atoms with Gasteiger partial charge in [0.2, 0.25) is 0 Å². The van der Waals surface area contributed by atoms with Crippen LogP contribution in [0, 0.1) is 0 Å². The van der Waals surface area contributed by atoms with E-state index in [0.717, 1.165) is 10.9 Å². The van der Waals surface area contributed by atoms with Crippen molar-refractivity contribution in [1.29, 1.82) is 0 Å². The van der Waals surface area contributed by atoms with Crippen LogP contribution in [0.25, 0.3) is 11.0 Å². The molecule has 2 aromatic carbocycles. The normalized spacial score (nSPS) is 12.2. The van der Waals surface area contributed by atoms with Gasteiger partial charge < -0.3 is 9.73 Å². The van der Waals surface area contributed by atoms with E-state index in [9.17, 15) is 4.79 Å². The lowest BCUT2D eigenvalue weighted by molar-refractivity contribution is 0.0905. The smallest absolute Gasteiger partial charge is 0.287 e. The van der Waals surface area contributed by atoms with E-state index in [1.807, 2.05) is 54.6 Å². The first kappa shape index (κ1) is 15.1. The van der Waals surface area contributed by atoms with Gasteiger partial charge >= 0.3 is 0 Å². The SMILES string of the molecule is O=C(N[C@H](Cn1nccn1)c1ccccc1)c1cc2ccccc2o1. The lowest BCUT2D eigenvalue weighted by Gasteiger charge is -2.18. The number of carbonyl (C=O) groups excluding carboxylic acids is 1. The molecule has 0 aliphatic heterocycles. The predicted molar refractivity (Wildman–Crippen MR) is 92.9 cm³/mol. The molecular weight excluding hydrogens is 316 g/mol. The molecular formula is C19H16N4O2. The minimum atomic E-state index is -0.269. The maximum atomic E-state index is 12.7. The molecule has 4 rings (SSSR count). The van der Waals surface area contributed by atoms with Crippen LogP contribution in [0.5, 0.6) is 0 Å². The number of para-hydroxylation sites is 1. The summed E-state index contributed by atoms with van der Waals surface area (Å²) in [6, 6.07) is 18.8. The maximum absolute atomic E-state index is 12.7. The molecule has 2 heterocycles. The van der Waals surface area contributed by atoms with Gasteiger partial charge in [-0.3, -0.25) is 4.79 Å². The van der Waals surface area contributed by atoms with Gasteiger partial charge in [-0.25, -0.2) is 0 Å². The van der Waals surface area contributed by atoms with E-state index in [4.69, 9.17) is 4.42 Å². The third-order valence-corrected chi connectivity index (χ3v) is 3.97. The van der Waals surface area contributed by atoms with E-state index >= 15 is 0 Å². The Kier molecular flexibility index (Phi) is 4.00. The Morgan fingerprint density at radius 1 is 1.04 bits per heavy atom. The van der Waals surface area contributed by atoms with Crippen LogP contribution in [0.15, 0.2) is 77.5 Å². The summed E-state index contributed by atoms with van der Waals surface area (Å²) in [5.74, 6) is 0.0211. The van der Waals surface area contributed by atoms with Crippen molar-refractivity contribution in [3.63, 3.8) is 0 Å². The molecule has 4 aromatic rings. The lowest BCUT2D eigenvalue weighted by atomic mass is 10.1. The minimum absolute atomic E-state index is 0.266. The molecule has 0 saturated carbocycles. The molecule has 1 amide bonds. The molecule has 6 heteroatoms. The van der Waals surface area contributed by atoms with E-state index in [1.54, 1.807) is 23.3 Å². The van der Waals surface area contributed by atoms with E-state index in [-0.39, 0.29) is 17.7 Å². The lowest BCUT2D eigenvalue weighted by Crippen LogP contribution is -2.31. The Morgan fingerprint density at radius 2 is 1.76 bits per heavy atom. The minimum Gasteiger partial charge on any atom is -0.451 e. The van der Waals surface area contributed by atoms with Crippen molar-refractivity contribution in [1.82, 2.24) is 20.3 Å². The number of fused-ring (bicyclic) bond motifs is 1. The second kappa shape index (κ2) is 6.60. The Bertz CT molecular complexity index is 944. The molecule has 2 aromatic heterocycles. The van der Waals surface area contributed by atoms with Crippen molar-refractivity contribution in [2.24, 2.45) is 0 Å². The fourth-order valence-electron chi connectivity index (χ4n) is 2.74. The summed E-state index contributed by atoms with van der Waals surface area (Å²) in [5.41, 5.74) is 1.67. The standard InChI is InChI=1S/C19H16N4O2/c24-19(18-12-15-8-4-5-9-17(15)25-18)22-16(13-23-20-10-11-21-23)14-6-2-1-3-7-14/h1-12,16H,13H2,(H,22,24)/t16-/m1/s1. The van der Waals surface area contributed by atoms with Crippen LogP contribution in [0.1, 0.15) is 22.2 Å². The fourth-order valence-corrected chi connectivity index (χ4v) is 2.74. The zero-order chi connectivity index (χ0) is 17.1. The summed E-state index contributed by atoms with van der Waals surface area (Å²) in [6.45, 7) is 0.434. The van der Waals surface area contributed by atoms with E-state index in [2.05, 4.69) is 15.5 Å². The summed E-state index contributed by atoms with van der Waals surface area (Å²) in [5, 5.41) is 12.2. The van der Waals surface area contributed by atoms with Gasteiger partial charge in [-0.2, -0.15) is 15.0 Å². The molecule has 0 aliphatic rings. The van der Waals surface area contributed by atoms with Crippen molar-refractivity contribution < 1.29 is 9.21 Å². The Labute approximate surface area is 144 Å². The molecule has 0 unspecified atom stereocenters. The van der Waals surface area contributed by atoms with Gasteiger partial charge in [-0.1, -0.05) is 48.5 Å². The number of hydrogen-bond donors (Lipinski definition) is 1. The van der Waals surface area contributed by atoms with Crippen LogP contribution >= 0.6 is 0 Å². The Morgan fingerprint density at radius 3 is 2.52 bits per heavy atom. The number of furan rings is 1. The van der Waals surface area contributed by atoms with Crippen LogP contribution in [0.2, 0.25) is 0 Å². The number of aromatic nitrogens is 3. The van der Waals surface area contributed by atoms with Crippen molar-refractivity contribution in [2.45, 2.75) is 12.6 Å². The van der Waals surface area contributed by atoms with E-state index in [1.165, 1.54) is 0 Å². The topological polar surface area (TPSA) is 73.0 Å². The number of nitrogens with zero attached hydrogens (tertiary/aromatic N) is 3. The third kappa shape index (κ3) is 3.28. The molecule has 0 fully saturated rings. The number of nitrogens with one attached hydrogen (secondary N) is 1. The summed E-state index contributed by atoms with van der Waals surface area (Å²) >= 11 is 0. The van der Waals surface area contributed by atoms with Gasteiger partial charge in [0.15, 0.2) is 5.76 Å². The largest absolute Gasteiger partial charge is 0.451 e. The van der Waals surface area contributed by atoms with E-state index in [0.29, 0.717) is 12.1 Å². The first-order valence-corrected chi connectivity index (χ1v) is 7.98. The van der Waals surface area contributed by atoms with Crippen LogP contribution in [-0.4, -0.2) is 20.9 Å². The molecule has 0 radical (unpaired) electrons. The maximum Gasteiger partial charge on any atom is 0.287 e. The molecule has 0 spiro atoms. The first-order chi connectivity index (χ1) is 12.3. The molecule has 25 heavy (non-hydrogen) atoms. The molecule has 1 N–H and O–H groups in total. The highest BCUT2D eigenvalue weighted by Gasteiger charge is 2.19. The van der Waals surface area contributed by atoms with Gasteiger partial charge in [-0.05, 0) is 17.7 Å². The average molecular weight is 332 g/mol. The Balaban J connectivity index is 1.60. The van der Waals surface area contributed by atoms with Crippen molar-refractivity contribution in [3.8, 4) is 0 Å². The summed E-state index contributed by atoms with van der Waals surface area (Å²) in [6.07, 6.45) is 3.23. The van der Waals surface area contributed by atoms with Crippen LogP contribution < -0.4 is 5.32 Å². The summed E-state index contributed by atoms with van der Waals surface area (Å²) in [4.78, 5) is 14.2. The highest BCUT2D eigenvalue weighted by Crippen LogP contribution is 2.20. The average Bonchev–Trinajstić information content (AvgIpc) is 3.31. The van der Waals surface area contributed by atoms with E-state index < -0.39 is 0 Å². The zero-order valence-corrected chi connectivity index (χ0v) is 13.4. The number of rotatable bonds is 5. The van der Waals surface area contributed by atoms with Gasteiger partial charge in [0, 0.05) is 5.39 Å². The monoisotopic (exact) mass is 332 g/mol. The summed E-state index contributed by atoms with van der Waals surface area (Å²) in [7, 11) is 0. The first-order valence-electron chi connectivity index (χ1n) is 7.98. The van der Waals surface area contributed by atoms with Crippen molar-refractivity contribution in [2.75, 3.05) is 0 Å². The number of hydrogen-bond acceptors (Lipinski definition) is 4. The molecule has 124 valence electrons. The molecule has 1 atom stereocenters. The predicted octanol–water partition coefficient (Wildman–Crippen LogP) is 3.20. The Hall–Kier alpha value is -3.41. The zero-order valence-electron chi connectivity index (χ0n) is 13.4. The highest BCUT2D eigenvalue weighted by molar-refractivity contribution is 5.96. The quantitative estimate of drug-likeness (QED) is 0.609.